The molecule has 0 radical (unpaired) electrons. The van der Waals surface area contributed by atoms with Gasteiger partial charge in [-0.05, 0) is 31.6 Å². The van der Waals surface area contributed by atoms with Crippen molar-refractivity contribution in [3.63, 3.8) is 0 Å². The van der Waals surface area contributed by atoms with Crippen LogP contribution in [0.15, 0.2) is 4.99 Å². The second kappa shape index (κ2) is 8.74. The maximum absolute atomic E-state index is 6.12. The van der Waals surface area contributed by atoms with Crippen molar-refractivity contribution in [2.24, 2.45) is 22.7 Å². The maximum Gasteiger partial charge on any atom is 0.193 e. The van der Waals surface area contributed by atoms with Gasteiger partial charge in [0.2, 0.25) is 0 Å². The predicted molar refractivity (Wildman–Crippen MR) is 111 cm³/mol. The number of nitrogens with zero attached hydrogens (tertiary/aromatic N) is 2. The van der Waals surface area contributed by atoms with E-state index in [2.05, 4.69) is 22.1 Å². The van der Waals surface area contributed by atoms with Gasteiger partial charge in [0.05, 0.1) is 24.9 Å². The summed E-state index contributed by atoms with van der Waals surface area (Å²) < 4.78 is 12.2. The van der Waals surface area contributed by atoms with Gasteiger partial charge in [0.15, 0.2) is 5.96 Å². The van der Waals surface area contributed by atoms with Crippen LogP contribution >= 0.6 is 24.0 Å². The normalized spacial score (nSPS) is 40.1. The molecule has 1 aliphatic carbocycles. The van der Waals surface area contributed by atoms with Gasteiger partial charge in [0.1, 0.15) is 0 Å². The molecule has 25 heavy (non-hydrogen) atoms. The summed E-state index contributed by atoms with van der Waals surface area (Å²) in [6, 6.07) is 0. The average molecular weight is 463 g/mol. The van der Waals surface area contributed by atoms with Gasteiger partial charge in [-0.2, -0.15) is 0 Å². The number of halogens is 1. The topological polar surface area (TPSA) is 46.1 Å². The lowest BCUT2D eigenvalue weighted by atomic mass is 9.82. The molecule has 0 aromatic carbocycles. The molecule has 1 N–H and O–H groups in total. The van der Waals surface area contributed by atoms with Crippen LogP contribution in [0.2, 0.25) is 0 Å². The minimum Gasteiger partial charge on any atom is -0.376 e. The Hall–Kier alpha value is -0.0800. The fourth-order valence-electron chi connectivity index (χ4n) is 5.37. The van der Waals surface area contributed by atoms with Crippen LogP contribution in [0.25, 0.3) is 0 Å². The Kier molecular flexibility index (Phi) is 6.88. The van der Waals surface area contributed by atoms with Crippen molar-refractivity contribution in [3.05, 3.63) is 0 Å². The SMILES string of the molecule is CN=C(NCCOC1CCCCC1C)N1CC2C3CCC(O3)C2C1.I. The van der Waals surface area contributed by atoms with E-state index in [-0.39, 0.29) is 24.0 Å². The summed E-state index contributed by atoms with van der Waals surface area (Å²) in [4.78, 5) is 6.94. The van der Waals surface area contributed by atoms with Crippen LogP contribution in [0.4, 0.5) is 0 Å². The minimum atomic E-state index is 0. The first-order chi connectivity index (χ1) is 11.8. The second-order valence-electron chi connectivity index (χ2n) is 8.17. The Labute approximate surface area is 169 Å². The monoisotopic (exact) mass is 463 g/mol. The number of hydrogen-bond donors (Lipinski definition) is 1. The van der Waals surface area contributed by atoms with Crippen molar-refractivity contribution in [1.82, 2.24) is 10.2 Å². The zero-order valence-corrected chi connectivity index (χ0v) is 18.0. The average Bonchev–Trinajstić information content (AvgIpc) is 3.29. The predicted octanol–water partition coefficient (Wildman–Crippen LogP) is 2.88. The molecular weight excluding hydrogens is 429 g/mol. The van der Waals surface area contributed by atoms with E-state index in [4.69, 9.17) is 9.47 Å². The highest BCUT2D eigenvalue weighted by molar-refractivity contribution is 14.0. The summed E-state index contributed by atoms with van der Waals surface area (Å²) in [5, 5.41) is 3.52. The third-order valence-corrected chi connectivity index (χ3v) is 6.71. The number of likely N-dealkylation sites (tertiary alicyclic amines) is 1. The molecule has 1 saturated carbocycles. The van der Waals surface area contributed by atoms with Gasteiger partial charge in [-0.25, -0.2) is 0 Å². The Morgan fingerprint density at radius 1 is 1.12 bits per heavy atom. The second-order valence-corrected chi connectivity index (χ2v) is 8.17. The molecule has 5 nitrogen and oxygen atoms in total. The first kappa shape index (κ1) is 19.7. The van der Waals surface area contributed by atoms with E-state index in [0.717, 1.165) is 44.0 Å². The number of rotatable bonds is 4. The smallest absolute Gasteiger partial charge is 0.193 e. The van der Waals surface area contributed by atoms with Crippen molar-refractivity contribution >= 4 is 29.9 Å². The molecule has 0 aromatic rings. The van der Waals surface area contributed by atoms with E-state index < -0.39 is 0 Å². The molecule has 6 unspecified atom stereocenters. The van der Waals surface area contributed by atoms with Gasteiger partial charge < -0.3 is 19.7 Å². The number of guanidine groups is 1. The molecular formula is C19H34IN3O2. The zero-order valence-electron chi connectivity index (χ0n) is 15.7. The Morgan fingerprint density at radius 2 is 1.80 bits per heavy atom. The van der Waals surface area contributed by atoms with Gasteiger partial charge >= 0.3 is 0 Å². The number of hydrogen-bond acceptors (Lipinski definition) is 3. The Morgan fingerprint density at radius 3 is 2.44 bits per heavy atom. The molecule has 0 aromatic heterocycles. The lowest BCUT2D eigenvalue weighted by Gasteiger charge is -2.29. The van der Waals surface area contributed by atoms with Gasteiger partial charge in [-0.1, -0.05) is 19.8 Å². The summed E-state index contributed by atoms with van der Waals surface area (Å²) in [6.45, 7) is 6.17. The summed E-state index contributed by atoms with van der Waals surface area (Å²) in [6.07, 6.45) is 9.26. The largest absolute Gasteiger partial charge is 0.376 e. The summed E-state index contributed by atoms with van der Waals surface area (Å²) >= 11 is 0. The highest BCUT2D eigenvalue weighted by Crippen LogP contribution is 2.47. The van der Waals surface area contributed by atoms with Crippen molar-refractivity contribution in [2.75, 3.05) is 33.3 Å². The number of ether oxygens (including phenoxy) is 2. The van der Waals surface area contributed by atoms with E-state index in [0.29, 0.717) is 24.2 Å². The molecule has 2 bridgehead atoms. The van der Waals surface area contributed by atoms with Crippen LogP contribution in [0.1, 0.15) is 45.4 Å². The van der Waals surface area contributed by atoms with Gasteiger partial charge in [-0.15, -0.1) is 24.0 Å². The van der Waals surface area contributed by atoms with E-state index in [1.54, 1.807) is 0 Å². The molecule has 0 amide bonds. The van der Waals surface area contributed by atoms with E-state index >= 15 is 0 Å². The fourth-order valence-corrected chi connectivity index (χ4v) is 5.37. The molecule has 4 fully saturated rings. The number of fused-ring (bicyclic) bond motifs is 5. The molecule has 6 heteroatoms. The fraction of sp³-hybridized carbons (Fsp3) is 0.947. The van der Waals surface area contributed by atoms with E-state index in [9.17, 15) is 0 Å². The van der Waals surface area contributed by atoms with Gasteiger partial charge in [0, 0.05) is 38.5 Å². The van der Waals surface area contributed by atoms with Crippen LogP contribution in [0.3, 0.4) is 0 Å². The lowest BCUT2D eigenvalue weighted by molar-refractivity contribution is -0.00218. The van der Waals surface area contributed by atoms with Crippen molar-refractivity contribution in [1.29, 1.82) is 0 Å². The molecule has 6 atom stereocenters. The summed E-state index contributed by atoms with van der Waals surface area (Å²) in [5.41, 5.74) is 0. The Bertz CT molecular complexity index is 458. The molecule has 3 saturated heterocycles. The van der Waals surface area contributed by atoms with Gasteiger partial charge in [-0.3, -0.25) is 4.99 Å². The van der Waals surface area contributed by atoms with E-state index in [1.165, 1.54) is 38.5 Å². The van der Waals surface area contributed by atoms with Gasteiger partial charge in [0.25, 0.3) is 0 Å². The highest BCUT2D eigenvalue weighted by atomic mass is 127. The van der Waals surface area contributed by atoms with Crippen molar-refractivity contribution in [2.45, 2.75) is 63.8 Å². The third kappa shape index (κ3) is 4.10. The quantitative estimate of drug-likeness (QED) is 0.302. The third-order valence-electron chi connectivity index (χ3n) is 6.71. The maximum atomic E-state index is 6.12. The molecule has 4 rings (SSSR count). The first-order valence-electron chi connectivity index (χ1n) is 9.99. The zero-order chi connectivity index (χ0) is 16.5. The molecule has 3 heterocycles. The van der Waals surface area contributed by atoms with Crippen LogP contribution in [-0.2, 0) is 9.47 Å². The lowest BCUT2D eigenvalue weighted by Crippen LogP contribution is -2.43. The summed E-state index contributed by atoms with van der Waals surface area (Å²) in [7, 11) is 1.89. The number of nitrogens with one attached hydrogen (secondary N) is 1. The molecule has 0 spiro atoms. The van der Waals surface area contributed by atoms with Crippen molar-refractivity contribution < 1.29 is 9.47 Å². The van der Waals surface area contributed by atoms with Crippen LogP contribution in [-0.4, -0.2) is 62.5 Å². The number of aliphatic imine (C=N–C) groups is 1. The highest BCUT2D eigenvalue weighted by Gasteiger charge is 2.53. The van der Waals surface area contributed by atoms with Crippen LogP contribution in [0.5, 0.6) is 0 Å². The van der Waals surface area contributed by atoms with Crippen molar-refractivity contribution in [3.8, 4) is 0 Å². The summed E-state index contributed by atoms with van der Waals surface area (Å²) in [5.74, 6) is 3.21. The first-order valence-corrected chi connectivity index (χ1v) is 9.99. The molecule has 3 aliphatic heterocycles. The van der Waals surface area contributed by atoms with E-state index in [1.807, 2.05) is 7.05 Å². The standard InChI is InChI=1S/C19H33N3O2.HI/c1-13-5-3-4-6-16(13)23-10-9-21-19(20-2)22-11-14-15(12-22)18-8-7-17(14)24-18;/h13-18H,3-12H2,1-2H3,(H,20,21);1H. The minimum absolute atomic E-state index is 0. The van der Waals surface area contributed by atoms with Crippen LogP contribution in [0, 0.1) is 17.8 Å². The Balaban J connectivity index is 0.00000182. The molecule has 4 aliphatic rings. The van der Waals surface area contributed by atoms with Crippen LogP contribution < -0.4 is 5.32 Å². The molecule has 144 valence electrons.